The second-order valence-electron chi connectivity index (χ2n) is 6.92. The molecule has 0 aliphatic carbocycles. The molecule has 1 aliphatic heterocycles. The van der Waals surface area contributed by atoms with Crippen molar-refractivity contribution >= 4 is 16.6 Å². The molecule has 0 radical (unpaired) electrons. The van der Waals surface area contributed by atoms with Gasteiger partial charge in [0.2, 0.25) is 5.89 Å². The van der Waals surface area contributed by atoms with E-state index in [2.05, 4.69) is 20.0 Å². The molecule has 0 amide bonds. The fourth-order valence-electron chi connectivity index (χ4n) is 3.50. The van der Waals surface area contributed by atoms with Crippen molar-refractivity contribution in [2.75, 3.05) is 11.4 Å². The molecule has 5 nitrogen and oxygen atoms in total. The van der Waals surface area contributed by atoms with Crippen LogP contribution in [0.5, 0.6) is 0 Å². The van der Waals surface area contributed by atoms with Gasteiger partial charge < -0.3 is 9.42 Å². The molecule has 1 atom stereocenters. The number of benzene rings is 1. The Kier molecular flexibility index (Phi) is 3.90. The maximum Gasteiger partial charge on any atom is 0.229 e. The number of para-hydroxylation sites is 1. The van der Waals surface area contributed by atoms with E-state index in [9.17, 15) is 4.39 Å². The number of aryl methyl sites for hydroxylation is 1. The van der Waals surface area contributed by atoms with Crippen LogP contribution in [0.15, 0.2) is 28.8 Å². The number of nitrogens with zero attached hydrogens (tertiary/aromatic N) is 4. The zero-order valence-electron chi connectivity index (χ0n) is 14.7. The normalized spacial score (nSPS) is 17.8. The van der Waals surface area contributed by atoms with Gasteiger partial charge in [0.05, 0.1) is 6.04 Å². The fraction of sp³-hybridized carbons (Fsp3) is 0.421. The Labute approximate surface area is 145 Å². The molecule has 0 bridgehead atoms. The predicted molar refractivity (Wildman–Crippen MR) is 94.1 cm³/mol. The lowest BCUT2D eigenvalue weighted by Crippen LogP contribution is -2.24. The van der Waals surface area contributed by atoms with Crippen molar-refractivity contribution in [2.45, 2.75) is 45.6 Å². The van der Waals surface area contributed by atoms with E-state index in [0.717, 1.165) is 36.2 Å². The molecule has 6 heteroatoms. The van der Waals surface area contributed by atoms with Crippen LogP contribution in [0.25, 0.3) is 10.9 Å². The predicted octanol–water partition coefficient (Wildman–Crippen LogP) is 4.53. The van der Waals surface area contributed by atoms with Gasteiger partial charge in [-0.1, -0.05) is 31.1 Å². The van der Waals surface area contributed by atoms with E-state index in [1.54, 1.807) is 6.07 Å². The molecule has 1 aromatic carbocycles. The van der Waals surface area contributed by atoms with Crippen LogP contribution in [0.3, 0.4) is 0 Å². The standard InChI is InChI=1S/C19H21FN4O/c1-11(2)19-22-18(23-25-19)15-8-5-9-24(15)16-10-12(3)21-17-13(16)6-4-7-14(17)20/h4,6-7,10-11,15H,5,8-9H2,1-3H3. The van der Waals surface area contributed by atoms with Crippen LogP contribution in [0.2, 0.25) is 0 Å². The van der Waals surface area contributed by atoms with E-state index in [0.29, 0.717) is 17.2 Å². The number of hydrogen-bond donors (Lipinski definition) is 0. The monoisotopic (exact) mass is 340 g/mol. The van der Waals surface area contributed by atoms with Crippen molar-refractivity contribution in [1.29, 1.82) is 0 Å². The number of rotatable bonds is 3. The number of fused-ring (bicyclic) bond motifs is 1. The van der Waals surface area contributed by atoms with E-state index < -0.39 is 0 Å². The first kappa shape index (κ1) is 16.0. The van der Waals surface area contributed by atoms with Gasteiger partial charge in [-0.05, 0) is 31.9 Å². The summed E-state index contributed by atoms with van der Waals surface area (Å²) >= 11 is 0. The van der Waals surface area contributed by atoms with Gasteiger partial charge in [-0.15, -0.1) is 0 Å². The van der Waals surface area contributed by atoms with E-state index in [1.165, 1.54) is 6.07 Å². The van der Waals surface area contributed by atoms with E-state index in [1.807, 2.05) is 32.9 Å². The number of pyridine rings is 1. The lowest BCUT2D eigenvalue weighted by atomic mass is 10.1. The average Bonchev–Trinajstić information content (AvgIpc) is 3.24. The molecule has 2 aromatic heterocycles. The first-order chi connectivity index (χ1) is 12.0. The average molecular weight is 340 g/mol. The number of anilines is 1. The van der Waals surface area contributed by atoms with Crippen LogP contribution in [-0.4, -0.2) is 21.7 Å². The minimum Gasteiger partial charge on any atom is -0.361 e. The zero-order valence-corrected chi connectivity index (χ0v) is 14.7. The lowest BCUT2D eigenvalue weighted by Gasteiger charge is -2.26. The maximum absolute atomic E-state index is 14.2. The highest BCUT2D eigenvalue weighted by Crippen LogP contribution is 2.39. The van der Waals surface area contributed by atoms with E-state index >= 15 is 0 Å². The van der Waals surface area contributed by atoms with Crippen molar-refractivity contribution in [3.05, 3.63) is 47.5 Å². The van der Waals surface area contributed by atoms with E-state index in [-0.39, 0.29) is 17.8 Å². The maximum atomic E-state index is 14.2. The Hall–Kier alpha value is -2.50. The summed E-state index contributed by atoms with van der Waals surface area (Å²) < 4.78 is 19.6. The highest BCUT2D eigenvalue weighted by molar-refractivity contribution is 5.92. The molecule has 1 aliphatic rings. The quantitative estimate of drug-likeness (QED) is 0.701. The summed E-state index contributed by atoms with van der Waals surface area (Å²) in [5.41, 5.74) is 2.20. The minimum atomic E-state index is -0.292. The molecule has 0 spiro atoms. The first-order valence-electron chi connectivity index (χ1n) is 8.70. The molecule has 130 valence electrons. The summed E-state index contributed by atoms with van der Waals surface area (Å²) in [6, 6.07) is 7.17. The van der Waals surface area contributed by atoms with Crippen molar-refractivity contribution in [2.24, 2.45) is 0 Å². The van der Waals surface area contributed by atoms with Gasteiger partial charge >= 0.3 is 0 Å². The van der Waals surface area contributed by atoms with Crippen LogP contribution in [-0.2, 0) is 0 Å². The number of hydrogen-bond acceptors (Lipinski definition) is 5. The van der Waals surface area contributed by atoms with Crippen LogP contribution in [0.1, 0.15) is 56.1 Å². The third kappa shape index (κ3) is 2.75. The highest BCUT2D eigenvalue weighted by atomic mass is 19.1. The van der Waals surface area contributed by atoms with Crippen LogP contribution < -0.4 is 4.90 Å². The Morgan fingerprint density at radius 3 is 2.88 bits per heavy atom. The van der Waals surface area contributed by atoms with Crippen LogP contribution in [0, 0.1) is 12.7 Å². The fourth-order valence-corrected chi connectivity index (χ4v) is 3.50. The third-order valence-electron chi connectivity index (χ3n) is 4.71. The minimum absolute atomic E-state index is 0.0458. The van der Waals surface area contributed by atoms with Gasteiger partial charge in [-0.25, -0.2) is 9.37 Å². The lowest BCUT2D eigenvalue weighted by molar-refractivity contribution is 0.358. The summed E-state index contributed by atoms with van der Waals surface area (Å²) in [6.07, 6.45) is 1.99. The molecule has 3 aromatic rings. The highest BCUT2D eigenvalue weighted by Gasteiger charge is 2.32. The third-order valence-corrected chi connectivity index (χ3v) is 4.71. The summed E-state index contributed by atoms with van der Waals surface area (Å²) in [5, 5.41) is 5.02. The Morgan fingerprint density at radius 1 is 1.28 bits per heavy atom. The Balaban J connectivity index is 1.80. The Morgan fingerprint density at radius 2 is 2.12 bits per heavy atom. The van der Waals surface area contributed by atoms with Crippen LogP contribution >= 0.6 is 0 Å². The van der Waals surface area contributed by atoms with Gasteiger partial charge in [-0.3, -0.25) is 0 Å². The Bertz CT molecular complexity index is 921. The molecule has 1 fully saturated rings. The molecule has 1 saturated heterocycles. The second-order valence-corrected chi connectivity index (χ2v) is 6.92. The smallest absolute Gasteiger partial charge is 0.229 e. The van der Waals surface area contributed by atoms with Crippen molar-refractivity contribution in [3.8, 4) is 0 Å². The zero-order chi connectivity index (χ0) is 17.6. The molecular weight excluding hydrogens is 319 g/mol. The van der Waals surface area contributed by atoms with Gasteiger partial charge in [0.15, 0.2) is 5.82 Å². The van der Waals surface area contributed by atoms with Gasteiger partial charge in [0.1, 0.15) is 11.3 Å². The van der Waals surface area contributed by atoms with Crippen LogP contribution in [0.4, 0.5) is 10.1 Å². The number of aromatic nitrogens is 3. The summed E-state index contributed by atoms with van der Waals surface area (Å²) in [4.78, 5) is 11.2. The molecular formula is C19H21FN4O. The molecule has 0 N–H and O–H groups in total. The summed E-state index contributed by atoms with van der Waals surface area (Å²) in [7, 11) is 0. The summed E-state index contributed by atoms with van der Waals surface area (Å²) in [5.74, 6) is 1.28. The molecule has 25 heavy (non-hydrogen) atoms. The SMILES string of the molecule is Cc1cc(N2CCCC2c2noc(C(C)C)n2)c2cccc(F)c2n1. The number of halogens is 1. The second kappa shape index (κ2) is 6.10. The topological polar surface area (TPSA) is 55.1 Å². The van der Waals surface area contributed by atoms with Crippen molar-refractivity contribution < 1.29 is 8.91 Å². The molecule has 1 unspecified atom stereocenters. The van der Waals surface area contributed by atoms with Gasteiger partial charge in [0.25, 0.3) is 0 Å². The van der Waals surface area contributed by atoms with Crippen molar-refractivity contribution in [3.63, 3.8) is 0 Å². The van der Waals surface area contributed by atoms with Crippen molar-refractivity contribution in [1.82, 2.24) is 15.1 Å². The molecule has 3 heterocycles. The molecule has 4 rings (SSSR count). The first-order valence-corrected chi connectivity index (χ1v) is 8.70. The largest absolute Gasteiger partial charge is 0.361 e. The molecule has 0 saturated carbocycles. The van der Waals surface area contributed by atoms with Gasteiger partial charge in [-0.2, -0.15) is 4.98 Å². The van der Waals surface area contributed by atoms with Gasteiger partial charge in [0, 0.05) is 29.2 Å². The summed E-state index contributed by atoms with van der Waals surface area (Å²) in [6.45, 7) is 6.84. The van der Waals surface area contributed by atoms with E-state index in [4.69, 9.17) is 4.52 Å².